The Hall–Kier alpha value is -0.700. The average Bonchev–Trinajstić information content (AvgIpc) is 2.28. The molecule has 0 rings (SSSR count). The summed E-state index contributed by atoms with van der Waals surface area (Å²) in [6, 6.07) is 0. The summed E-state index contributed by atoms with van der Waals surface area (Å²) < 4.78 is 33.3. The molecule has 8 heteroatoms. The summed E-state index contributed by atoms with van der Waals surface area (Å²) in [5.74, 6) is -1.22. The first-order valence-electron chi connectivity index (χ1n) is 5.32. The molecule has 102 valence electrons. The molecule has 0 aromatic heterocycles. The Balaban J connectivity index is 4.47. The van der Waals surface area contributed by atoms with Crippen LogP contribution in [0.2, 0.25) is 0 Å². The van der Waals surface area contributed by atoms with Gasteiger partial charge in [0, 0.05) is 6.54 Å². The molecule has 0 spiro atoms. The lowest BCUT2D eigenvalue weighted by molar-refractivity contribution is -0.137. The van der Waals surface area contributed by atoms with Crippen molar-refractivity contribution >= 4 is 16.3 Å². The first-order chi connectivity index (χ1) is 7.87. The van der Waals surface area contributed by atoms with Gasteiger partial charge in [-0.3, -0.25) is 0 Å². The van der Waals surface area contributed by atoms with Crippen LogP contribution in [0.5, 0.6) is 0 Å². The van der Waals surface area contributed by atoms with Gasteiger partial charge < -0.3 is 14.0 Å². The number of aliphatic hydroxyl groups excluding tert-OH is 1. The summed E-state index contributed by atoms with van der Waals surface area (Å²) in [6.45, 7) is 4.23. The third kappa shape index (κ3) is 5.97. The van der Waals surface area contributed by atoms with E-state index in [1.165, 1.54) is 0 Å². The van der Waals surface area contributed by atoms with Crippen molar-refractivity contribution in [2.75, 3.05) is 19.9 Å². The van der Waals surface area contributed by atoms with Gasteiger partial charge in [-0.25, -0.2) is 4.79 Å². The van der Waals surface area contributed by atoms with Crippen molar-refractivity contribution in [3.8, 4) is 0 Å². The second kappa shape index (κ2) is 7.59. The first-order valence-corrected chi connectivity index (χ1v) is 6.68. The van der Waals surface area contributed by atoms with Gasteiger partial charge in [0.1, 0.15) is 13.3 Å². The lowest BCUT2D eigenvalue weighted by atomic mass is 10.3. The van der Waals surface area contributed by atoms with Crippen molar-refractivity contribution in [1.82, 2.24) is 4.31 Å². The predicted molar refractivity (Wildman–Crippen MR) is 60.2 cm³/mol. The molecule has 1 atom stereocenters. The van der Waals surface area contributed by atoms with Crippen molar-refractivity contribution in [2.45, 2.75) is 33.3 Å². The molecule has 1 unspecified atom stereocenters. The normalized spacial score (nSPS) is 13.7. The Morgan fingerprint density at radius 3 is 2.41 bits per heavy atom. The van der Waals surface area contributed by atoms with Crippen molar-refractivity contribution < 1.29 is 27.2 Å². The zero-order valence-corrected chi connectivity index (χ0v) is 11.1. The van der Waals surface area contributed by atoms with Crippen LogP contribution in [0.1, 0.15) is 27.2 Å². The molecule has 0 saturated carbocycles. The average molecular weight is 269 g/mol. The number of rotatable bonds is 8. The molecule has 0 saturated heterocycles. The van der Waals surface area contributed by atoms with Gasteiger partial charge in [-0.1, -0.05) is 13.8 Å². The number of nitrogens with zero attached hydrogens (tertiary/aromatic N) is 1. The van der Waals surface area contributed by atoms with Gasteiger partial charge in [-0.05, 0) is 13.3 Å². The zero-order valence-electron chi connectivity index (χ0n) is 10.2. The highest BCUT2D eigenvalue weighted by molar-refractivity contribution is 7.84. The summed E-state index contributed by atoms with van der Waals surface area (Å²) in [5.41, 5.74) is 0. The van der Waals surface area contributed by atoms with Gasteiger partial charge >= 0.3 is 16.3 Å². The highest BCUT2D eigenvalue weighted by Crippen LogP contribution is 2.06. The highest BCUT2D eigenvalue weighted by atomic mass is 32.2. The van der Waals surface area contributed by atoms with E-state index in [1.807, 2.05) is 6.92 Å². The van der Waals surface area contributed by atoms with E-state index in [0.29, 0.717) is 0 Å². The highest BCUT2D eigenvalue weighted by Gasteiger charge is 2.25. The summed E-state index contributed by atoms with van der Waals surface area (Å²) in [7, 11) is -4.19. The van der Waals surface area contributed by atoms with E-state index in [2.05, 4.69) is 4.18 Å². The number of hydrogen-bond acceptors (Lipinski definition) is 6. The van der Waals surface area contributed by atoms with Gasteiger partial charge in [-0.2, -0.15) is 8.42 Å². The maximum Gasteiger partial charge on any atom is 0.389 e. The van der Waals surface area contributed by atoms with E-state index in [9.17, 15) is 13.2 Å². The maximum atomic E-state index is 11.5. The number of carbonyl (C=O) groups is 1. The molecule has 0 bridgehead atoms. The molecule has 0 aliphatic rings. The fraction of sp³-hybridized carbons (Fsp3) is 0.889. The van der Waals surface area contributed by atoms with Crippen LogP contribution in [0.4, 0.5) is 0 Å². The third-order valence-corrected chi connectivity index (χ3v) is 3.47. The maximum absolute atomic E-state index is 11.5. The van der Waals surface area contributed by atoms with Crippen LogP contribution in [-0.2, 0) is 24.0 Å². The Morgan fingerprint density at radius 2 is 2.00 bits per heavy atom. The molecule has 0 heterocycles. The van der Waals surface area contributed by atoms with Gasteiger partial charge in [-0.15, -0.1) is 4.31 Å². The van der Waals surface area contributed by atoms with Crippen LogP contribution >= 0.6 is 0 Å². The van der Waals surface area contributed by atoms with Gasteiger partial charge in [0.15, 0.2) is 0 Å². The van der Waals surface area contributed by atoms with Crippen molar-refractivity contribution in [3.05, 3.63) is 0 Å². The zero-order chi connectivity index (χ0) is 13.5. The molecular formula is C9H19NO6S. The Labute approximate surface area is 102 Å². The van der Waals surface area contributed by atoms with Gasteiger partial charge in [0.05, 0.1) is 6.10 Å². The molecule has 1 N–H and O–H groups in total. The Kier molecular flexibility index (Phi) is 7.28. The number of aliphatic hydroxyl groups is 1. The first kappa shape index (κ1) is 16.3. The molecule has 0 aliphatic heterocycles. The molecule has 0 aromatic rings. The summed E-state index contributed by atoms with van der Waals surface area (Å²) >= 11 is 0. The van der Waals surface area contributed by atoms with Crippen molar-refractivity contribution in [3.63, 3.8) is 0 Å². The number of hydrogen-bond donors (Lipinski definition) is 1. The third-order valence-electron chi connectivity index (χ3n) is 2.07. The quantitative estimate of drug-likeness (QED) is 0.616. The Morgan fingerprint density at radius 1 is 1.41 bits per heavy atom. The van der Waals surface area contributed by atoms with Crippen LogP contribution in [-0.4, -0.2) is 49.8 Å². The molecule has 0 amide bonds. The number of ether oxygens (including phenoxy) is 1. The molecule has 0 aliphatic carbocycles. The molecule has 0 fully saturated rings. The molecule has 7 nitrogen and oxygen atoms in total. The van der Waals surface area contributed by atoms with Crippen LogP contribution in [0, 0.1) is 0 Å². The molecular weight excluding hydrogens is 250 g/mol. The molecule has 17 heavy (non-hydrogen) atoms. The fourth-order valence-corrected chi connectivity index (χ4v) is 1.74. The second-order valence-electron chi connectivity index (χ2n) is 3.35. The smallest absolute Gasteiger partial charge is 0.385 e. The monoisotopic (exact) mass is 269 g/mol. The standard InChI is InChI=1S/C9H19NO6S/c1-4-8(3)15-7-10(5-2)17(13,14)16-9(12)6-11/h8,11H,4-7H2,1-3H3. The van der Waals surface area contributed by atoms with E-state index >= 15 is 0 Å². The van der Waals surface area contributed by atoms with E-state index in [1.54, 1.807) is 13.8 Å². The van der Waals surface area contributed by atoms with E-state index < -0.39 is 22.9 Å². The van der Waals surface area contributed by atoms with E-state index in [-0.39, 0.29) is 19.4 Å². The van der Waals surface area contributed by atoms with Gasteiger partial charge in [0.25, 0.3) is 0 Å². The van der Waals surface area contributed by atoms with Crippen LogP contribution < -0.4 is 0 Å². The van der Waals surface area contributed by atoms with E-state index in [4.69, 9.17) is 9.84 Å². The molecule has 0 aromatic carbocycles. The summed E-state index contributed by atoms with van der Waals surface area (Å²) in [5, 5.41) is 8.42. The summed E-state index contributed by atoms with van der Waals surface area (Å²) in [4.78, 5) is 10.7. The topological polar surface area (TPSA) is 93.1 Å². The fourth-order valence-electron chi connectivity index (χ4n) is 0.839. The number of carbonyl (C=O) groups excluding carboxylic acids is 1. The predicted octanol–water partition coefficient (Wildman–Crippen LogP) is -0.139. The van der Waals surface area contributed by atoms with E-state index in [0.717, 1.165) is 10.7 Å². The minimum absolute atomic E-state index is 0.0900. The minimum Gasteiger partial charge on any atom is -0.385 e. The largest absolute Gasteiger partial charge is 0.389 e. The van der Waals surface area contributed by atoms with Crippen molar-refractivity contribution in [1.29, 1.82) is 0 Å². The minimum atomic E-state index is -4.19. The van der Waals surface area contributed by atoms with Crippen LogP contribution in [0.15, 0.2) is 0 Å². The summed E-state index contributed by atoms with van der Waals surface area (Å²) in [6.07, 6.45) is 0.654. The molecule has 0 radical (unpaired) electrons. The second-order valence-corrected chi connectivity index (χ2v) is 4.89. The van der Waals surface area contributed by atoms with Gasteiger partial charge in [0.2, 0.25) is 0 Å². The lowest BCUT2D eigenvalue weighted by Crippen LogP contribution is -2.37. The lowest BCUT2D eigenvalue weighted by Gasteiger charge is -2.20. The van der Waals surface area contributed by atoms with Crippen molar-refractivity contribution in [2.24, 2.45) is 0 Å². The Bertz CT molecular complexity index is 328. The SMILES string of the molecule is CCC(C)OCN(CC)S(=O)(=O)OC(=O)CO. The van der Waals surface area contributed by atoms with Crippen LogP contribution in [0.3, 0.4) is 0 Å². The van der Waals surface area contributed by atoms with Crippen LogP contribution in [0.25, 0.3) is 0 Å².